The highest BCUT2D eigenvalue weighted by molar-refractivity contribution is 8.01. The molecule has 1 aliphatic rings. The highest BCUT2D eigenvalue weighted by Gasteiger charge is 2.26. The number of piperazine rings is 1. The molecular formula is C24H35N5O6S2. The van der Waals surface area contributed by atoms with E-state index in [1.165, 1.54) is 23.1 Å². The minimum absolute atomic E-state index is 0.0693. The average molecular weight is 554 g/mol. The van der Waals surface area contributed by atoms with E-state index in [1.54, 1.807) is 19.2 Å². The Labute approximate surface area is 225 Å². The molecule has 2 amide bonds. The van der Waals surface area contributed by atoms with Crippen LogP contribution in [0.2, 0.25) is 0 Å². The van der Waals surface area contributed by atoms with Crippen LogP contribution in [0, 0.1) is 0 Å². The second-order valence-corrected chi connectivity index (χ2v) is 10.0. The fourth-order valence-electron chi connectivity index (χ4n) is 3.66. The molecule has 0 unspecified atom stereocenters. The van der Waals surface area contributed by atoms with Gasteiger partial charge in [0.15, 0.2) is 15.8 Å². The van der Waals surface area contributed by atoms with Gasteiger partial charge in [-0.25, -0.2) is 0 Å². The summed E-state index contributed by atoms with van der Waals surface area (Å²) in [7, 11) is 1.59. The summed E-state index contributed by atoms with van der Waals surface area (Å²) in [5, 5.41) is 12.1. The minimum Gasteiger partial charge on any atom is -0.490 e. The second-order valence-electron chi connectivity index (χ2n) is 7.86. The maximum Gasteiger partial charge on any atom is 0.254 e. The molecule has 3 rings (SSSR count). The summed E-state index contributed by atoms with van der Waals surface area (Å²) in [6.45, 7) is 10.3. The molecule has 0 radical (unpaired) electrons. The van der Waals surface area contributed by atoms with Gasteiger partial charge in [0, 0.05) is 45.4 Å². The number of carbonyl (C=O) groups is 2. The zero-order chi connectivity index (χ0) is 26.6. The number of hydrogen-bond donors (Lipinski definition) is 1. The summed E-state index contributed by atoms with van der Waals surface area (Å²) in [5.41, 5.74) is 0.502. The van der Waals surface area contributed by atoms with Crippen LogP contribution in [0.3, 0.4) is 0 Å². The van der Waals surface area contributed by atoms with Crippen LogP contribution in [0.4, 0.5) is 5.13 Å². The lowest BCUT2D eigenvalue weighted by Gasteiger charge is -2.34. The molecule has 1 aromatic carbocycles. The Morgan fingerprint density at radius 2 is 1.65 bits per heavy atom. The summed E-state index contributed by atoms with van der Waals surface area (Å²) < 4.78 is 22.9. The number of anilines is 1. The van der Waals surface area contributed by atoms with Crippen LogP contribution in [0.25, 0.3) is 0 Å². The molecule has 204 valence electrons. The fraction of sp³-hybridized carbons (Fsp3) is 0.583. The van der Waals surface area contributed by atoms with Crippen molar-refractivity contribution in [2.45, 2.75) is 25.1 Å². The SMILES string of the molecule is CCOc1cc(C(=O)N2CCN(c3nnc(SCC(=O)NCCOC)s3)CC2)cc(OCC)c1OCC. The van der Waals surface area contributed by atoms with Crippen molar-refractivity contribution in [3.05, 3.63) is 17.7 Å². The normalized spacial score (nSPS) is 13.4. The van der Waals surface area contributed by atoms with Gasteiger partial charge in [-0.1, -0.05) is 23.1 Å². The van der Waals surface area contributed by atoms with Gasteiger partial charge in [-0.2, -0.15) is 0 Å². The van der Waals surface area contributed by atoms with Crippen molar-refractivity contribution in [3.8, 4) is 17.2 Å². The number of amides is 2. The quantitative estimate of drug-likeness (QED) is 0.276. The lowest BCUT2D eigenvalue weighted by Crippen LogP contribution is -2.48. The summed E-state index contributed by atoms with van der Waals surface area (Å²) in [6.07, 6.45) is 0. The van der Waals surface area contributed by atoms with Crippen molar-refractivity contribution >= 4 is 40.0 Å². The summed E-state index contributed by atoms with van der Waals surface area (Å²) in [4.78, 5) is 29.2. The largest absolute Gasteiger partial charge is 0.490 e. The van der Waals surface area contributed by atoms with Crippen molar-refractivity contribution < 1.29 is 28.5 Å². The number of nitrogens with zero attached hydrogens (tertiary/aromatic N) is 4. The van der Waals surface area contributed by atoms with Gasteiger partial charge in [0.05, 0.1) is 32.2 Å². The Bertz CT molecular complexity index is 1000. The van der Waals surface area contributed by atoms with E-state index in [0.29, 0.717) is 82.0 Å². The molecule has 0 bridgehead atoms. The third kappa shape index (κ3) is 8.11. The number of rotatable bonds is 14. The monoisotopic (exact) mass is 553 g/mol. The van der Waals surface area contributed by atoms with Gasteiger partial charge in [-0.05, 0) is 32.9 Å². The van der Waals surface area contributed by atoms with E-state index < -0.39 is 0 Å². The molecule has 13 heteroatoms. The number of nitrogens with one attached hydrogen (secondary N) is 1. The fourth-order valence-corrected chi connectivity index (χ4v) is 5.38. The predicted molar refractivity (Wildman–Crippen MR) is 144 cm³/mol. The third-order valence-corrected chi connectivity index (χ3v) is 7.46. The van der Waals surface area contributed by atoms with E-state index >= 15 is 0 Å². The molecule has 37 heavy (non-hydrogen) atoms. The number of methoxy groups -OCH3 is 1. The van der Waals surface area contributed by atoms with E-state index in [4.69, 9.17) is 18.9 Å². The van der Waals surface area contributed by atoms with Crippen LogP contribution in [0.1, 0.15) is 31.1 Å². The Morgan fingerprint density at radius 3 is 2.24 bits per heavy atom. The first-order valence-corrected chi connectivity index (χ1v) is 14.1. The van der Waals surface area contributed by atoms with Gasteiger partial charge in [0.1, 0.15) is 0 Å². The standard InChI is InChI=1S/C24H35N5O6S2/c1-5-33-18-14-17(15-19(34-6-2)21(18)35-7-3)22(31)28-9-11-29(12-10-28)23-26-27-24(37-23)36-16-20(30)25-8-13-32-4/h14-15H,5-13,16H2,1-4H3,(H,25,30). The smallest absolute Gasteiger partial charge is 0.254 e. The molecule has 0 aliphatic carbocycles. The molecule has 11 nitrogen and oxygen atoms in total. The third-order valence-electron chi connectivity index (χ3n) is 5.34. The summed E-state index contributed by atoms with van der Waals surface area (Å²) in [6, 6.07) is 3.46. The highest BCUT2D eigenvalue weighted by atomic mass is 32.2. The van der Waals surface area contributed by atoms with Crippen molar-refractivity contribution in [1.29, 1.82) is 0 Å². The van der Waals surface area contributed by atoms with E-state index in [-0.39, 0.29) is 17.6 Å². The van der Waals surface area contributed by atoms with Crippen molar-refractivity contribution in [2.75, 3.05) is 76.9 Å². The molecule has 1 aliphatic heterocycles. The molecule has 0 spiro atoms. The number of benzene rings is 1. The molecular weight excluding hydrogens is 518 g/mol. The lowest BCUT2D eigenvalue weighted by atomic mass is 10.1. The van der Waals surface area contributed by atoms with E-state index in [0.717, 1.165) is 9.47 Å². The van der Waals surface area contributed by atoms with Crippen LogP contribution in [-0.2, 0) is 9.53 Å². The van der Waals surface area contributed by atoms with Gasteiger partial charge in [0.25, 0.3) is 5.91 Å². The molecule has 2 aromatic rings. The number of aromatic nitrogens is 2. The van der Waals surface area contributed by atoms with Crippen LogP contribution >= 0.6 is 23.1 Å². The van der Waals surface area contributed by atoms with Gasteiger partial charge < -0.3 is 34.1 Å². The van der Waals surface area contributed by atoms with Gasteiger partial charge in [0.2, 0.25) is 16.8 Å². The number of hydrogen-bond acceptors (Lipinski definition) is 11. The lowest BCUT2D eigenvalue weighted by molar-refractivity contribution is -0.118. The first-order valence-electron chi connectivity index (χ1n) is 12.3. The van der Waals surface area contributed by atoms with Crippen LogP contribution in [-0.4, -0.2) is 98.9 Å². The Kier molecular flexibility index (Phi) is 11.5. The summed E-state index contributed by atoms with van der Waals surface area (Å²) >= 11 is 2.80. The van der Waals surface area contributed by atoms with E-state index in [1.807, 2.05) is 25.7 Å². The molecule has 0 saturated carbocycles. The van der Waals surface area contributed by atoms with Gasteiger partial charge >= 0.3 is 0 Å². The van der Waals surface area contributed by atoms with Crippen LogP contribution in [0.15, 0.2) is 16.5 Å². The van der Waals surface area contributed by atoms with Crippen molar-refractivity contribution in [2.24, 2.45) is 0 Å². The minimum atomic E-state index is -0.0856. The van der Waals surface area contributed by atoms with Gasteiger partial charge in [-0.15, -0.1) is 10.2 Å². The number of carbonyl (C=O) groups excluding carboxylic acids is 2. The number of thioether (sulfide) groups is 1. The highest BCUT2D eigenvalue weighted by Crippen LogP contribution is 2.39. The molecule has 1 N–H and O–H groups in total. The predicted octanol–water partition coefficient (Wildman–Crippen LogP) is 2.55. The van der Waals surface area contributed by atoms with Crippen LogP contribution < -0.4 is 24.4 Å². The Morgan fingerprint density at radius 1 is 1.00 bits per heavy atom. The van der Waals surface area contributed by atoms with Crippen molar-refractivity contribution in [1.82, 2.24) is 20.4 Å². The Balaban J connectivity index is 1.59. The molecule has 1 aromatic heterocycles. The molecule has 1 fully saturated rings. The Hall–Kier alpha value is -2.77. The first-order chi connectivity index (χ1) is 18.0. The van der Waals surface area contributed by atoms with Gasteiger partial charge in [-0.3, -0.25) is 9.59 Å². The topological polar surface area (TPSA) is 115 Å². The van der Waals surface area contributed by atoms with Crippen LogP contribution in [0.5, 0.6) is 17.2 Å². The molecule has 1 saturated heterocycles. The molecule has 0 atom stereocenters. The average Bonchev–Trinajstić information content (AvgIpc) is 3.38. The zero-order valence-corrected chi connectivity index (χ0v) is 23.4. The maximum absolute atomic E-state index is 13.4. The first kappa shape index (κ1) is 28.8. The summed E-state index contributed by atoms with van der Waals surface area (Å²) in [5.74, 6) is 1.64. The maximum atomic E-state index is 13.4. The van der Waals surface area contributed by atoms with E-state index in [2.05, 4.69) is 20.4 Å². The molecule has 2 heterocycles. The van der Waals surface area contributed by atoms with Crippen molar-refractivity contribution in [3.63, 3.8) is 0 Å². The zero-order valence-electron chi connectivity index (χ0n) is 21.8. The van der Waals surface area contributed by atoms with E-state index in [9.17, 15) is 9.59 Å². The second kappa shape index (κ2) is 14.8. The number of ether oxygens (including phenoxy) is 4.